The average molecular weight is 263 g/mol. The molecule has 0 atom stereocenters. The highest BCUT2D eigenvalue weighted by atomic mass is 16.5. The number of anilines is 1. The topological polar surface area (TPSA) is 46.6 Å². The number of benzene rings is 1. The first-order valence-corrected chi connectivity index (χ1v) is 6.20. The summed E-state index contributed by atoms with van der Waals surface area (Å²) in [5, 5.41) is 0. The number of hydrogen-bond acceptors (Lipinski definition) is 3. The summed E-state index contributed by atoms with van der Waals surface area (Å²) in [6, 6.07) is 2.02. The lowest BCUT2D eigenvalue weighted by Crippen LogP contribution is -2.29. The Labute approximate surface area is 114 Å². The summed E-state index contributed by atoms with van der Waals surface area (Å²) in [7, 11) is 3.26. The minimum atomic E-state index is -0.225. The Balaban J connectivity index is 3.30. The van der Waals surface area contributed by atoms with Gasteiger partial charge in [-0.05, 0) is 44.4 Å². The van der Waals surface area contributed by atoms with E-state index in [1.54, 1.807) is 14.2 Å². The molecule has 1 aromatic rings. The van der Waals surface area contributed by atoms with Crippen LogP contribution in [0.4, 0.5) is 5.69 Å². The van der Waals surface area contributed by atoms with Crippen LogP contribution in [0.2, 0.25) is 0 Å². The molecule has 0 bridgehead atoms. The summed E-state index contributed by atoms with van der Waals surface area (Å²) in [5.41, 5.74) is 3.81. The van der Waals surface area contributed by atoms with Gasteiger partial charge in [-0.2, -0.15) is 0 Å². The fraction of sp³-hybridized carbons (Fsp3) is 0.467. The van der Waals surface area contributed by atoms with Crippen LogP contribution in [0.25, 0.3) is 0 Å². The first-order valence-electron chi connectivity index (χ1n) is 6.20. The molecule has 0 aromatic heterocycles. The van der Waals surface area contributed by atoms with Crippen LogP contribution >= 0.6 is 0 Å². The molecule has 0 radical (unpaired) electrons. The van der Waals surface area contributed by atoms with Gasteiger partial charge in [-0.25, -0.2) is 0 Å². The molecule has 1 aromatic carbocycles. The second-order valence-corrected chi connectivity index (χ2v) is 4.85. The van der Waals surface area contributed by atoms with E-state index in [1.807, 2.05) is 26.8 Å². The number of ether oxygens (including phenoxy) is 1. The fourth-order valence-electron chi connectivity index (χ4n) is 2.16. The van der Waals surface area contributed by atoms with E-state index in [0.717, 1.165) is 22.4 Å². The van der Waals surface area contributed by atoms with Gasteiger partial charge in [0, 0.05) is 7.05 Å². The van der Waals surface area contributed by atoms with Crippen LogP contribution in [0.15, 0.2) is 6.07 Å². The number of aryl methyl sites for hydroxylation is 2. The zero-order valence-electron chi connectivity index (χ0n) is 12.5. The predicted octanol–water partition coefficient (Wildman–Crippen LogP) is 2.56. The van der Waals surface area contributed by atoms with Gasteiger partial charge in [-0.1, -0.05) is 6.07 Å². The first kappa shape index (κ1) is 15.2. The number of nitrogens with zero attached hydrogens (tertiary/aromatic N) is 1. The Hall–Kier alpha value is -1.84. The van der Waals surface area contributed by atoms with Crippen LogP contribution in [-0.4, -0.2) is 25.8 Å². The van der Waals surface area contributed by atoms with Crippen molar-refractivity contribution in [3.8, 4) is 5.75 Å². The minimum Gasteiger partial charge on any atom is -0.494 e. The van der Waals surface area contributed by atoms with Gasteiger partial charge in [0.2, 0.25) is 5.91 Å². The zero-order valence-corrected chi connectivity index (χ0v) is 12.5. The first-order chi connectivity index (χ1) is 8.79. The smallest absolute Gasteiger partial charge is 0.234 e. The van der Waals surface area contributed by atoms with E-state index >= 15 is 0 Å². The molecule has 0 saturated heterocycles. The maximum absolute atomic E-state index is 12.0. The van der Waals surface area contributed by atoms with Crippen molar-refractivity contribution in [3.05, 3.63) is 22.8 Å². The van der Waals surface area contributed by atoms with Crippen molar-refractivity contribution in [2.24, 2.45) is 0 Å². The summed E-state index contributed by atoms with van der Waals surface area (Å²) >= 11 is 0. The lowest BCUT2D eigenvalue weighted by molar-refractivity contribution is -0.125. The molecule has 0 N–H and O–H groups in total. The Morgan fingerprint density at radius 3 is 2.26 bits per heavy atom. The summed E-state index contributed by atoms with van der Waals surface area (Å²) in [5.74, 6) is 0.325. The minimum absolute atomic E-state index is 0.0913. The zero-order chi connectivity index (χ0) is 14.7. The molecular formula is C15H21NO3. The summed E-state index contributed by atoms with van der Waals surface area (Å²) in [6.45, 7) is 7.31. The quantitative estimate of drug-likeness (QED) is 0.784. The molecular weight excluding hydrogens is 242 g/mol. The van der Waals surface area contributed by atoms with Crippen LogP contribution in [0.5, 0.6) is 5.75 Å². The van der Waals surface area contributed by atoms with E-state index < -0.39 is 0 Å². The van der Waals surface area contributed by atoms with Crippen LogP contribution in [-0.2, 0) is 9.59 Å². The highest BCUT2D eigenvalue weighted by Gasteiger charge is 2.21. The van der Waals surface area contributed by atoms with Crippen molar-refractivity contribution in [1.29, 1.82) is 0 Å². The van der Waals surface area contributed by atoms with E-state index in [1.165, 1.54) is 11.8 Å². The van der Waals surface area contributed by atoms with Crippen LogP contribution in [0.3, 0.4) is 0 Å². The molecule has 0 aliphatic carbocycles. The largest absolute Gasteiger partial charge is 0.494 e. The lowest BCUT2D eigenvalue weighted by atomic mass is 10.0. The van der Waals surface area contributed by atoms with Crippen LogP contribution in [0, 0.1) is 20.8 Å². The van der Waals surface area contributed by atoms with Crippen molar-refractivity contribution < 1.29 is 14.3 Å². The lowest BCUT2D eigenvalue weighted by Gasteiger charge is -2.24. The SMILES string of the molecule is COc1c(C)c(C)cc(C)c1N(C)C(=O)CC(C)=O. The van der Waals surface area contributed by atoms with E-state index in [-0.39, 0.29) is 18.1 Å². The molecule has 4 heteroatoms. The number of carbonyl (C=O) groups excluding carboxylic acids is 2. The Bertz CT molecular complexity index is 521. The van der Waals surface area contributed by atoms with E-state index in [2.05, 4.69) is 0 Å². The molecule has 104 valence electrons. The maximum atomic E-state index is 12.0. The third-order valence-corrected chi connectivity index (χ3v) is 3.27. The molecule has 0 spiro atoms. The van der Waals surface area contributed by atoms with Crippen molar-refractivity contribution >= 4 is 17.4 Å². The van der Waals surface area contributed by atoms with Gasteiger partial charge in [0.15, 0.2) is 0 Å². The highest BCUT2D eigenvalue weighted by Crippen LogP contribution is 2.36. The van der Waals surface area contributed by atoms with Gasteiger partial charge in [-0.3, -0.25) is 9.59 Å². The molecule has 4 nitrogen and oxygen atoms in total. The molecule has 0 saturated carbocycles. The molecule has 1 amide bonds. The van der Waals surface area contributed by atoms with E-state index in [4.69, 9.17) is 4.74 Å². The monoisotopic (exact) mass is 263 g/mol. The van der Waals surface area contributed by atoms with Gasteiger partial charge in [0.05, 0.1) is 19.2 Å². The van der Waals surface area contributed by atoms with Gasteiger partial charge in [0.25, 0.3) is 0 Å². The number of rotatable bonds is 4. The summed E-state index contributed by atoms with van der Waals surface area (Å²) in [6.07, 6.45) is -0.0913. The fourth-order valence-corrected chi connectivity index (χ4v) is 2.16. The molecule has 0 aliphatic heterocycles. The predicted molar refractivity (Wildman–Crippen MR) is 75.9 cm³/mol. The molecule has 1 rings (SSSR count). The Morgan fingerprint density at radius 1 is 1.21 bits per heavy atom. The number of carbonyl (C=O) groups is 2. The van der Waals surface area contributed by atoms with Gasteiger partial charge < -0.3 is 9.64 Å². The second kappa shape index (κ2) is 5.87. The number of amides is 1. The van der Waals surface area contributed by atoms with Crippen molar-refractivity contribution in [2.75, 3.05) is 19.1 Å². The summed E-state index contributed by atoms with van der Waals surface area (Å²) < 4.78 is 5.44. The maximum Gasteiger partial charge on any atom is 0.234 e. The van der Waals surface area contributed by atoms with Gasteiger partial charge in [-0.15, -0.1) is 0 Å². The Morgan fingerprint density at radius 2 is 1.79 bits per heavy atom. The second-order valence-electron chi connectivity index (χ2n) is 4.85. The standard InChI is InChI=1S/C15H21NO3/c1-9-7-10(2)14(15(19-6)12(9)4)16(5)13(18)8-11(3)17/h7H,8H2,1-6H3. The van der Waals surface area contributed by atoms with Gasteiger partial charge in [0.1, 0.15) is 11.5 Å². The molecule has 19 heavy (non-hydrogen) atoms. The van der Waals surface area contributed by atoms with E-state index in [9.17, 15) is 9.59 Å². The van der Waals surface area contributed by atoms with Gasteiger partial charge >= 0.3 is 0 Å². The molecule has 0 aliphatic rings. The average Bonchev–Trinajstić information content (AvgIpc) is 2.31. The van der Waals surface area contributed by atoms with Crippen molar-refractivity contribution in [1.82, 2.24) is 0 Å². The normalized spacial score (nSPS) is 10.2. The van der Waals surface area contributed by atoms with Crippen LogP contribution < -0.4 is 9.64 Å². The number of methoxy groups -OCH3 is 1. The number of hydrogen-bond donors (Lipinski definition) is 0. The molecule has 0 fully saturated rings. The number of ketones is 1. The number of Topliss-reactive ketones (excluding diaryl/α,β-unsaturated/α-hetero) is 1. The third kappa shape index (κ3) is 3.13. The summed E-state index contributed by atoms with van der Waals surface area (Å²) in [4.78, 5) is 24.6. The highest BCUT2D eigenvalue weighted by molar-refractivity contribution is 6.05. The Kier molecular flexibility index (Phi) is 4.70. The van der Waals surface area contributed by atoms with Crippen LogP contribution in [0.1, 0.15) is 30.0 Å². The third-order valence-electron chi connectivity index (χ3n) is 3.27. The van der Waals surface area contributed by atoms with Crippen molar-refractivity contribution in [3.63, 3.8) is 0 Å². The van der Waals surface area contributed by atoms with E-state index in [0.29, 0.717) is 5.75 Å². The van der Waals surface area contributed by atoms with Crippen molar-refractivity contribution in [2.45, 2.75) is 34.1 Å². The molecule has 0 unspecified atom stereocenters. The molecule has 0 heterocycles.